The van der Waals surface area contributed by atoms with Crippen LogP contribution in [-0.4, -0.2) is 0 Å². The Kier molecular flexibility index (Phi) is 2.42. The molecule has 88 valence electrons. The van der Waals surface area contributed by atoms with Crippen molar-refractivity contribution in [2.75, 3.05) is 0 Å². The molecule has 0 bridgehead atoms. The second-order valence-corrected chi connectivity index (χ2v) is 4.51. The van der Waals surface area contributed by atoms with E-state index in [9.17, 15) is 0 Å². The number of nitrogens with two attached hydrogens (primary N) is 1. The fourth-order valence-corrected chi connectivity index (χ4v) is 2.78. The largest absolute Gasteiger partial charge is 0.320 e. The van der Waals surface area contributed by atoms with Gasteiger partial charge in [-0.2, -0.15) is 0 Å². The minimum Gasteiger partial charge on any atom is -0.320 e. The first-order chi connectivity index (χ1) is 8.77. The number of hydrogen-bond acceptors (Lipinski definition) is 1. The molecule has 0 amide bonds. The molecule has 0 atom stereocenters. The third kappa shape index (κ3) is 1.31. The van der Waals surface area contributed by atoms with Crippen LogP contribution in [0.1, 0.15) is 28.3 Å². The Bertz CT molecular complexity index is 595. The van der Waals surface area contributed by atoms with Gasteiger partial charge in [-0.15, -0.1) is 0 Å². The van der Waals surface area contributed by atoms with E-state index in [1.165, 1.54) is 22.3 Å². The van der Waals surface area contributed by atoms with Gasteiger partial charge in [0.1, 0.15) is 0 Å². The molecule has 0 radical (unpaired) electrons. The lowest BCUT2D eigenvalue weighted by molar-refractivity contribution is 0.901. The van der Waals surface area contributed by atoms with Crippen LogP contribution in [0.5, 0.6) is 0 Å². The maximum atomic E-state index is 6.34. The lowest BCUT2D eigenvalue weighted by Crippen LogP contribution is -2.07. The van der Waals surface area contributed by atoms with Gasteiger partial charge in [0, 0.05) is 0 Å². The van der Waals surface area contributed by atoms with Crippen molar-refractivity contribution in [1.82, 2.24) is 0 Å². The lowest BCUT2D eigenvalue weighted by Gasteiger charge is -2.08. The van der Waals surface area contributed by atoms with E-state index in [4.69, 9.17) is 5.73 Å². The van der Waals surface area contributed by atoms with E-state index in [0.29, 0.717) is 0 Å². The zero-order chi connectivity index (χ0) is 12.7. The molecule has 3 rings (SSSR count). The van der Waals surface area contributed by atoms with Crippen LogP contribution in [0.3, 0.4) is 0 Å². The summed E-state index contributed by atoms with van der Waals surface area (Å²) in [6.07, 6.45) is 3.78. The Balaban J connectivity index is 2.44. The van der Waals surface area contributed by atoms with Gasteiger partial charge in [0.2, 0.25) is 0 Å². The summed E-state index contributed by atoms with van der Waals surface area (Å²) in [6.45, 7) is 7.79. The number of hydrogen-bond donors (Lipinski definition) is 1. The molecule has 18 heavy (non-hydrogen) atoms. The molecule has 2 aromatic carbocycles. The van der Waals surface area contributed by atoms with Gasteiger partial charge in [0.25, 0.3) is 0 Å². The molecule has 1 heteroatoms. The van der Waals surface area contributed by atoms with Crippen molar-refractivity contribution >= 4 is 12.2 Å². The molecule has 0 spiro atoms. The molecule has 0 fully saturated rings. The summed E-state index contributed by atoms with van der Waals surface area (Å²) < 4.78 is 0. The molecular weight excluding hydrogens is 218 g/mol. The Hall–Kier alpha value is -2.12. The predicted octanol–water partition coefficient (Wildman–Crippen LogP) is 4.00. The van der Waals surface area contributed by atoms with Crippen LogP contribution in [0.4, 0.5) is 0 Å². The first kappa shape index (κ1) is 11.0. The Morgan fingerprint density at radius 2 is 1.28 bits per heavy atom. The maximum absolute atomic E-state index is 6.34. The topological polar surface area (TPSA) is 26.0 Å². The van der Waals surface area contributed by atoms with Crippen LogP contribution < -0.4 is 5.73 Å². The van der Waals surface area contributed by atoms with E-state index in [1.54, 1.807) is 0 Å². The quantitative estimate of drug-likeness (QED) is 0.833. The molecule has 2 N–H and O–H groups in total. The van der Waals surface area contributed by atoms with Crippen molar-refractivity contribution < 1.29 is 0 Å². The highest BCUT2D eigenvalue weighted by atomic mass is 14.7. The van der Waals surface area contributed by atoms with E-state index in [2.05, 4.69) is 37.4 Å². The molecule has 2 aromatic rings. The summed E-state index contributed by atoms with van der Waals surface area (Å²) in [7, 11) is 0. The van der Waals surface area contributed by atoms with Gasteiger partial charge in [0.05, 0.1) is 6.04 Å². The Morgan fingerprint density at radius 3 is 1.67 bits per heavy atom. The normalized spacial score (nSPS) is 12.9. The van der Waals surface area contributed by atoms with Gasteiger partial charge in [-0.05, 0) is 33.4 Å². The van der Waals surface area contributed by atoms with Crippen molar-refractivity contribution in [2.24, 2.45) is 5.73 Å². The molecule has 0 saturated heterocycles. The summed E-state index contributed by atoms with van der Waals surface area (Å²) in [5, 5.41) is 0. The van der Waals surface area contributed by atoms with Crippen molar-refractivity contribution in [3.8, 4) is 11.1 Å². The van der Waals surface area contributed by atoms with Gasteiger partial charge >= 0.3 is 0 Å². The van der Waals surface area contributed by atoms with Crippen LogP contribution in [0.25, 0.3) is 23.3 Å². The zero-order valence-electron chi connectivity index (χ0n) is 10.2. The van der Waals surface area contributed by atoms with Crippen LogP contribution in [0.15, 0.2) is 49.6 Å². The van der Waals surface area contributed by atoms with Crippen molar-refractivity contribution in [3.05, 3.63) is 71.8 Å². The monoisotopic (exact) mass is 233 g/mol. The number of benzene rings is 2. The minimum atomic E-state index is -0.0465. The first-order valence-electron chi connectivity index (χ1n) is 6.04. The number of rotatable bonds is 2. The highest BCUT2D eigenvalue weighted by Crippen LogP contribution is 2.46. The molecule has 1 aliphatic carbocycles. The summed E-state index contributed by atoms with van der Waals surface area (Å²) in [6, 6.07) is 12.4. The molecule has 0 unspecified atom stereocenters. The highest BCUT2D eigenvalue weighted by molar-refractivity contribution is 5.90. The van der Waals surface area contributed by atoms with Gasteiger partial charge < -0.3 is 5.73 Å². The van der Waals surface area contributed by atoms with Crippen molar-refractivity contribution in [3.63, 3.8) is 0 Å². The fraction of sp³-hybridized carbons (Fsp3) is 0.0588. The minimum absolute atomic E-state index is 0.0465. The van der Waals surface area contributed by atoms with Gasteiger partial charge in [-0.1, -0.05) is 61.7 Å². The summed E-state index contributed by atoms with van der Waals surface area (Å²) in [4.78, 5) is 0. The van der Waals surface area contributed by atoms with Crippen LogP contribution in [-0.2, 0) is 0 Å². The molecule has 1 nitrogen and oxygen atoms in total. The van der Waals surface area contributed by atoms with Crippen molar-refractivity contribution in [2.45, 2.75) is 6.04 Å². The molecule has 0 heterocycles. The van der Waals surface area contributed by atoms with E-state index in [-0.39, 0.29) is 6.04 Å². The van der Waals surface area contributed by atoms with Crippen LogP contribution in [0, 0.1) is 0 Å². The molecule has 0 saturated carbocycles. The summed E-state index contributed by atoms with van der Waals surface area (Å²) in [5.74, 6) is 0. The van der Waals surface area contributed by atoms with Gasteiger partial charge in [-0.25, -0.2) is 0 Å². The summed E-state index contributed by atoms with van der Waals surface area (Å²) >= 11 is 0. The zero-order valence-corrected chi connectivity index (χ0v) is 10.2. The molecule has 0 aromatic heterocycles. The molecule has 0 aliphatic heterocycles. The van der Waals surface area contributed by atoms with Crippen LogP contribution >= 0.6 is 0 Å². The second kappa shape index (κ2) is 3.97. The third-order valence-corrected chi connectivity index (χ3v) is 3.62. The van der Waals surface area contributed by atoms with E-state index >= 15 is 0 Å². The first-order valence-corrected chi connectivity index (χ1v) is 6.04. The predicted molar refractivity (Wildman–Crippen MR) is 78.1 cm³/mol. The van der Waals surface area contributed by atoms with Gasteiger partial charge in [-0.3, -0.25) is 0 Å². The average molecular weight is 233 g/mol. The van der Waals surface area contributed by atoms with E-state index in [0.717, 1.165) is 11.1 Å². The van der Waals surface area contributed by atoms with E-state index < -0.39 is 0 Å². The SMILES string of the molecule is C=Cc1cccc2c1-c1c(C=C)cccc1C2N. The van der Waals surface area contributed by atoms with Crippen molar-refractivity contribution in [1.29, 1.82) is 0 Å². The maximum Gasteiger partial charge on any atom is 0.0564 e. The third-order valence-electron chi connectivity index (χ3n) is 3.62. The summed E-state index contributed by atoms with van der Waals surface area (Å²) in [5.41, 5.74) is 13.4. The molecular formula is C17H15N. The van der Waals surface area contributed by atoms with Gasteiger partial charge in [0.15, 0.2) is 0 Å². The smallest absolute Gasteiger partial charge is 0.0564 e. The average Bonchev–Trinajstić information content (AvgIpc) is 2.73. The Labute approximate surface area is 107 Å². The second-order valence-electron chi connectivity index (χ2n) is 4.51. The number of fused-ring (bicyclic) bond motifs is 3. The lowest BCUT2D eigenvalue weighted by atomic mass is 9.95. The Morgan fingerprint density at radius 1 is 0.833 bits per heavy atom. The van der Waals surface area contributed by atoms with Crippen LogP contribution in [0.2, 0.25) is 0 Å². The fourth-order valence-electron chi connectivity index (χ4n) is 2.78. The molecule has 1 aliphatic rings. The standard InChI is InChI=1S/C17H15N/c1-3-11-7-5-9-13-15(11)16-12(4-2)8-6-10-14(16)17(13)18/h3-10,17H,1-2,18H2. The van der Waals surface area contributed by atoms with E-state index in [1.807, 2.05) is 24.3 Å². The highest BCUT2D eigenvalue weighted by Gasteiger charge is 2.28.